The summed E-state index contributed by atoms with van der Waals surface area (Å²) in [7, 11) is 1.43. The third-order valence-corrected chi connectivity index (χ3v) is 10.6. The van der Waals surface area contributed by atoms with Crippen LogP contribution in [0, 0.1) is 28.6 Å². The second-order valence-corrected chi connectivity index (χ2v) is 12.5. The fourth-order valence-corrected chi connectivity index (χ4v) is 8.51. The fraction of sp³-hybridized carbons (Fsp3) is 0.821. The monoisotopic (exact) mass is 520 g/mol. The van der Waals surface area contributed by atoms with Gasteiger partial charge < -0.3 is 29.5 Å². The molecule has 37 heavy (non-hydrogen) atoms. The number of hydrogen-bond donors (Lipinski definition) is 3. The van der Waals surface area contributed by atoms with Crippen molar-refractivity contribution in [1.82, 2.24) is 0 Å². The van der Waals surface area contributed by atoms with Gasteiger partial charge in [-0.25, -0.2) is 0 Å². The Labute approximate surface area is 217 Å². The van der Waals surface area contributed by atoms with Crippen LogP contribution in [0.2, 0.25) is 0 Å². The van der Waals surface area contributed by atoms with Crippen molar-refractivity contribution in [3.8, 4) is 0 Å². The van der Waals surface area contributed by atoms with Gasteiger partial charge >= 0.3 is 0 Å². The standard InChI is InChI=1S/C28H40O9/c1-13(29)18-11-20(31)28(34)17-7-6-15-10-16(37-25-23(33)24(35-5)22(32)14(2)36-25)8-9-26(15,3)21(17)19(30)12-27(18,28)4/h6,14,16-18,21-25,32-34H,7-12H2,1-5H3. The number of Topliss-reactive ketones (excluding diaryl/α,β-unsaturated/α-hetero) is 3. The van der Waals surface area contributed by atoms with E-state index in [9.17, 15) is 29.7 Å². The summed E-state index contributed by atoms with van der Waals surface area (Å²) in [4.78, 5) is 39.4. The van der Waals surface area contributed by atoms with Gasteiger partial charge in [0.2, 0.25) is 0 Å². The minimum Gasteiger partial charge on any atom is -0.388 e. The molecule has 4 fully saturated rings. The van der Waals surface area contributed by atoms with E-state index in [0.29, 0.717) is 25.7 Å². The zero-order valence-electron chi connectivity index (χ0n) is 22.3. The Bertz CT molecular complexity index is 1020. The third kappa shape index (κ3) is 3.68. The van der Waals surface area contributed by atoms with E-state index >= 15 is 0 Å². The summed E-state index contributed by atoms with van der Waals surface area (Å²) in [6.07, 6.45) is -0.545. The van der Waals surface area contributed by atoms with Gasteiger partial charge in [-0.3, -0.25) is 14.4 Å². The van der Waals surface area contributed by atoms with E-state index in [1.165, 1.54) is 14.0 Å². The summed E-state index contributed by atoms with van der Waals surface area (Å²) in [5.74, 6) is -2.17. The van der Waals surface area contributed by atoms with Crippen LogP contribution in [0.3, 0.4) is 0 Å². The summed E-state index contributed by atoms with van der Waals surface area (Å²) in [6.45, 7) is 6.93. The van der Waals surface area contributed by atoms with Crippen LogP contribution in [0.1, 0.15) is 66.2 Å². The van der Waals surface area contributed by atoms with E-state index in [1.807, 2.05) is 13.0 Å². The van der Waals surface area contributed by atoms with Gasteiger partial charge in [-0.15, -0.1) is 0 Å². The average Bonchev–Trinajstić information content (AvgIpc) is 3.04. The van der Waals surface area contributed by atoms with Crippen LogP contribution in [0.15, 0.2) is 11.6 Å². The van der Waals surface area contributed by atoms with Gasteiger partial charge in [0.05, 0.1) is 12.2 Å². The van der Waals surface area contributed by atoms with Gasteiger partial charge in [0.15, 0.2) is 12.1 Å². The number of allylic oxidation sites excluding steroid dienone is 1. The first-order chi connectivity index (χ1) is 17.3. The second-order valence-electron chi connectivity index (χ2n) is 12.5. The molecule has 0 amide bonds. The molecule has 206 valence electrons. The molecule has 9 heteroatoms. The van der Waals surface area contributed by atoms with Crippen LogP contribution in [0.5, 0.6) is 0 Å². The molecule has 1 aliphatic heterocycles. The summed E-state index contributed by atoms with van der Waals surface area (Å²) in [5, 5.41) is 32.9. The molecule has 3 saturated carbocycles. The zero-order valence-corrected chi connectivity index (χ0v) is 22.3. The van der Waals surface area contributed by atoms with E-state index in [2.05, 4.69) is 0 Å². The van der Waals surface area contributed by atoms with Gasteiger partial charge in [0, 0.05) is 43.1 Å². The lowest BCUT2D eigenvalue weighted by Gasteiger charge is -2.59. The maximum Gasteiger partial charge on any atom is 0.186 e. The highest BCUT2D eigenvalue weighted by Crippen LogP contribution is 2.66. The minimum atomic E-state index is -1.70. The van der Waals surface area contributed by atoms with Crippen molar-refractivity contribution in [3.63, 3.8) is 0 Å². The van der Waals surface area contributed by atoms with Crippen LogP contribution in [-0.4, -0.2) is 82.2 Å². The number of aliphatic hydroxyl groups is 3. The van der Waals surface area contributed by atoms with E-state index in [1.54, 1.807) is 13.8 Å². The molecule has 0 spiro atoms. The Morgan fingerprint density at radius 3 is 2.51 bits per heavy atom. The van der Waals surface area contributed by atoms with E-state index in [4.69, 9.17) is 14.2 Å². The van der Waals surface area contributed by atoms with E-state index in [-0.39, 0.29) is 36.3 Å². The molecule has 5 aliphatic rings. The number of carbonyl (C=O) groups is 3. The predicted octanol–water partition coefficient (Wildman–Crippen LogP) is 1.49. The SMILES string of the molecule is COC1C(O)C(C)OC(OC2CCC3(C)C(=CCC4C3C(=O)CC3(C)C(C(C)=O)CC(=O)C43O)C2)C1O. The molecule has 3 N–H and O–H groups in total. The van der Waals surface area contributed by atoms with Crippen molar-refractivity contribution in [2.45, 2.75) is 109 Å². The van der Waals surface area contributed by atoms with Crippen molar-refractivity contribution >= 4 is 17.3 Å². The molecular weight excluding hydrogens is 480 g/mol. The zero-order chi connectivity index (χ0) is 27.1. The number of ketones is 3. The van der Waals surface area contributed by atoms with Crippen molar-refractivity contribution < 1.29 is 43.9 Å². The van der Waals surface area contributed by atoms with Gasteiger partial charge in [-0.2, -0.15) is 0 Å². The lowest BCUT2D eigenvalue weighted by atomic mass is 9.45. The number of hydrogen-bond acceptors (Lipinski definition) is 9. The van der Waals surface area contributed by atoms with Crippen molar-refractivity contribution in [3.05, 3.63) is 11.6 Å². The quantitative estimate of drug-likeness (QED) is 0.471. The molecule has 9 nitrogen and oxygen atoms in total. The Morgan fingerprint density at radius 1 is 1.16 bits per heavy atom. The first-order valence-corrected chi connectivity index (χ1v) is 13.5. The van der Waals surface area contributed by atoms with Gasteiger partial charge in [-0.1, -0.05) is 25.5 Å². The highest BCUT2D eigenvalue weighted by molar-refractivity contribution is 6.01. The summed E-state index contributed by atoms with van der Waals surface area (Å²) in [6, 6.07) is 0. The summed E-state index contributed by atoms with van der Waals surface area (Å²) >= 11 is 0. The molecule has 0 aromatic carbocycles. The molecule has 4 aliphatic carbocycles. The lowest BCUT2D eigenvalue weighted by Crippen LogP contribution is -2.66. The summed E-state index contributed by atoms with van der Waals surface area (Å²) in [5.41, 5.74) is -2.26. The van der Waals surface area contributed by atoms with Gasteiger partial charge in [0.1, 0.15) is 35.5 Å². The normalized spacial score (nSPS) is 51.7. The number of methoxy groups -OCH3 is 1. The summed E-state index contributed by atoms with van der Waals surface area (Å²) < 4.78 is 17.2. The van der Waals surface area contributed by atoms with Gasteiger partial charge in [-0.05, 0) is 44.9 Å². The fourth-order valence-electron chi connectivity index (χ4n) is 8.51. The highest BCUT2D eigenvalue weighted by atomic mass is 16.7. The van der Waals surface area contributed by atoms with Crippen LogP contribution in [0.25, 0.3) is 0 Å². The Morgan fingerprint density at radius 2 is 1.86 bits per heavy atom. The Hall–Kier alpha value is -1.49. The first-order valence-electron chi connectivity index (χ1n) is 13.5. The molecule has 12 unspecified atom stereocenters. The van der Waals surface area contributed by atoms with E-state index in [0.717, 1.165) is 5.57 Å². The molecule has 12 atom stereocenters. The van der Waals surface area contributed by atoms with Gasteiger partial charge in [0.25, 0.3) is 0 Å². The number of ether oxygens (including phenoxy) is 3. The topological polar surface area (TPSA) is 140 Å². The molecule has 0 aromatic rings. The molecule has 0 bridgehead atoms. The predicted molar refractivity (Wildman–Crippen MR) is 130 cm³/mol. The maximum atomic E-state index is 13.7. The number of carbonyl (C=O) groups excluding carboxylic acids is 3. The largest absolute Gasteiger partial charge is 0.388 e. The Kier molecular flexibility index (Phi) is 6.61. The molecule has 0 aromatic heterocycles. The second kappa shape index (κ2) is 9.03. The average molecular weight is 521 g/mol. The molecule has 1 heterocycles. The Balaban J connectivity index is 1.39. The van der Waals surface area contributed by atoms with Crippen molar-refractivity contribution in [1.29, 1.82) is 0 Å². The van der Waals surface area contributed by atoms with Crippen LogP contribution in [0.4, 0.5) is 0 Å². The highest BCUT2D eigenvalue weighted by Gasteiger charge is 2.73. The van der Waals surface area contributed by atoms with Crippen LogP contribution >= 0.6 is 0 Å². The molecule has 1 saturated heterocycles. The van der Waals surface area contributed by atoms with Crippen LogP contribution < -0.4 is 0 Å². The smallest absolute Gasteiger partial charge is 0.186 e. The van der Waals surface area contributed by atoms with Crippen LogP contribution in [-0.2, 0) is 28.6 Å². The van der Waals surface area contributed by atoms with Crippen molar-refractivity contribution in [2.24, 2.45) is 28.6 Å². The molecule has 5 rings (SSSR count). The van der Waals surface area contributed by atoms with E-state index < -0.39 is 64.9 Å². The first kappa shape index (κ1) is 27.1. The number of rotatable bonds is 4. The number of fused-ring (bicyclic) bond motifs is 5. The molecule has 0 radical (unpaired) electrons. The third-order valence-electron chi connectivity index (χ3n) is 10.6. The lowest BCUT2D eigenvalue weighted by molar-refractivity contribution is -0.309. The minimum absolute atomic E-state index is 0.0126. The maximum absolute atomic E-state index is 13.7. The van der Waals surface area contributed by atoms with Crippen molar-refractivity contribution in [2.75, 3.05) is 7.11 Å². The number of aliphatic hydroxyl groups excluding tert-OH is 2. The molecular formula is C28H40O9.